The average molecular weight is 1010 g/mol. The summed E-state index contributed by atoms with van der Waals surface area (Å²) in [4.78, 5) is 54.7. The third kappa shape index (κ3) is 10.7. The predicted molar refractivity (Wildman–Crippen MR) is 288 cm³/mol. The van der Waals surface area contributed by atoms with E-state index < -0.39 is 0 Å². The zero-order valence-corrected chi connectivity index (χ0v) is 41.0. The van der Waals surface area contributed by atoms with Crippen molar-refractivity contribution in [1.82, 2.24) is 40.4 Å². The summed E-state index contributed by atoms with van der Waals surface area (Å²) in [6.45, 7) is 17.3. The van der Waals surface area contributed by atoms with Crippen LogP contribution in [0, 0.1) is 0 Å². The number of ether oxygens (including phenoxy) is 4. The summed E-state index contributed by atoms with van der Waals surface area (Å²) in [6.07, 6.45) is 6.63. The monoisotopic (exact) mass is 1000 g/mol. The van der Waals surface area contributed by atoms with E-state index in [-0.39, 0.29) is 46.4 Å². The first-order valence-corrected chi connectivity index (χ1v) is 25.8. The van der Waals surface area contributed by atoms with Gasteiger partial charge in [0, 0.05) is 96.8 Å². The van der Waals surface area contributed by atoms with Crippen molar-refractivity contribution in [1.29, 1.82) is 0 Å². The van der Waals surface area contributed by atoms with Crippen molar-refractivity contribution in [3.8, 4) is 22.8 Å². The second kappa shape index (κ2) is 23.4. The molecule has 8 aliphatic rings. The number of fused-ring (bicyclic) bond motifs is 8. The maximum atomic E-state index is 11.9. The van der Waals surface area contributed by atoms with Gasteiger partial charge in [0.1, 0.15) is 11.6 Å². The molecule has 4 N–H and O–H groups in total. The van der Waals surface area contributed by atoms with E-state index in [4.69, 9.17) is 38.9 Å². The normalized spacial score (nSPS) is 25.2. The molecule has 12 rings (SSSR count). The molecule has 2 aromatic heterocycles. The van der Waals surface area contributed by atoms with Gasteiger partial charge in [-0.25, -0.2) is 29.5 Å². The van der Waals surface area contributed by atoms with Crippen molar-refractivity contribution >= 4 is 35.1 Å². The summed E-state index contributed by atoms with van der Waals surface area (Å²) >= 11 is 0. The minimum atomic E-state index is -0.203. The number of carbonyl (C=O) groups is 2. The Kier molecular flexibility index (Phi) is 17.2. The zero-order chi connectivity index (χ0) is 47.9. The number of nitrogens with one attached hydrogen (secondary N) is 4. The number of hydrogen-bond donors (Lipinski definition) is 4. The topological polar surface area (TPSA) is 184 Å². The predicted octanol–water partition coefficient (Wildman–Crippen LogP) is 7.85. The van der Waals surface area contributed by atoms with Crippen molar-refractivity contribution in [3.05, 3.63) is 71.0 Å². The fourth-order valence-electron chi connectivity index (χ4n) is 12.0. The molecule has 0 spiro atoms. The smallest absolute Gasteiger partial charge is 0.319 e. The maximum Gasteiger partial charge on any atom is 0.319 e. The molecule has 4 unspecified atom stereocenters. The molecule has 6 saturated heterocycles. The van der Waals surface area contributed by atoms with Crippen LogP contribution in [0.15, 0.2) is 48.5 Å². The highest BCUT2D eigenvalue weighted by molar-refractivity contribution is 5.90. The lowest BCUT2D eigenvalue weighted by Crippen LogP contribution is -2.54. The quantitative estimate of drug-likeness (QED) is 0.121. The number of morpholine rings is 2. The summed E-state index contributed by atoms with van der Waals surface area (Å²) in [5, 5.41) is 11.2. The SMILES string of the molecule is C.C.C.CCNC(=O)Nc1ccc(-c2nc3c(c(N4CCOC[C@@H]4C)n2)C2CCC(C3)N2C2COC2)cc1.CCNC(=O)Nc1ccc(-c2nc3c(c(N4CCOC[C@@H]4C)n2)C2CCC(C3)N2C2COC2)cc1. The number of benzene rings is 2. The van der Waals surface area contributed by atoms with Crippen LogP contribution in [0.1, 0.15) is 110 Å². The van der Waals surface area contributed by atoms with Gasteiger partial charge in [0.2, 0.25) is 0 Å². The Morgan fingerprint density at radius 3 is 1.27 bits per heavy atom. The van der Waals surface area contributed by atoms with Crippen LogP contribution in [0.5, 0.6) is 0 Å². The highest BCUT2D eigenvalue weighted by atomic mass is 16.5. The molecule has 4 aromatic rings. The third-order valence-electron chi connectivity index (χ3n) is 15.5. The van der Waals surface area contributed by atoms with E-state index >= 15 is 0 Å². The average Bonchev–Trinajstić information content (AvgIpc) is 3.77. The molecule has 8 aliphatic heterocycles. The molecule has 0 aliphatic carbocycles. The number of rotatable bonds is 10. The third-order valence-corrected chi connectivity index (χ3v) is 15.5. The summed E-state index contributed by atoms with van der Waals surface area (Å²) in [5.41, 5.74) is 8.43. The maximum absolute atomic E-state index is 11.9. The van der Waals surface area contributed by atoms with Gasteiger partial charge in [0.05, 0.1) is 88.4 Å². The van der Waals surface area contributed by atoms with Crippen LogP contribution in [0.3, 0.4) is 0 Å². The largest absolute Gasteiger partial charge is 0.378 e. The van der Waals surface area contributed by atoms with Gasteiger partial charge < -0.3 is 50.0 Å². The summed E-state index contributed by atoms with van der Waals surface area (Å²) in [7, 11) is 0. The fourth-order valence-corrected chi connectivity index (χ4v) is 12.0. The molecule has 0 saturated carbocycles. The molecule has 4 amide bonds. The van der Waals surface area contributed by atoms with Gasteiger partial charge in [-0.05, 0) is 102 Å². The van der Waals surface area contributed by atoms with E-state index in [1.165, 1.54) is 35.4 Å². The van der Waals surface area contributed by atoms with Crippen molar-refractivity contribution in [2.24, 2.45) is 0 Å². The first-order chi connectivity index (χ1) is 34.2. The highest BCUT2D eigenvalue weighted by Crippen LogP contribution is 2.51. The highest BCUT2D eigenvalue weighted by Gasteiger charge is 2.50. The van der Waals surface area contributed by atoms with E-state index in [0.29, 0.717) is 75.8 Å². The first-order valence-electron chi connectivity index (χ1n) is 25.8. The summed E-state index contributed by atoms with van der Waals surface area (Å²) in [6, 6.07) is 18.5. The number of nitrogens with zero attached hydrogens (tertiary/aromatic N) is 8. The Bertz CT molecular complexity index is 2350. The minimum absolute atomic E-state index is 0. The summed E-state index contributed by atoms with van der Waals surface area (Å²) < 4.78 is 22.6. The number of hydrogen-bond acceptors (Lipinski definition) is 14. The van der Waals surface area contributed by atoms with Crippen molar-refractivity contribution in [2.75, 3.05) is 99.5 Å². The molecule has 10 heterocycles. The number of amides is 4. The van der Waals surface area contributed by atoms with E-state index in [9.17, 15) is 9.59 Å². The second-order valence-corrected chi connectivity index (χ2v) is 20.0. The Hall–Kier alpha value is -5.50. The van der Waals surface area contributed by atoms with E-state index in [2.05, 4.69) is 54.7 Å². The Morgan fingerprint density at radius 1 is 0.534 bits per heavy atom. The van der Waals surface area contributed by atoms with E-state index in [0.717, 1.165) is 111 Å². The summed E-state index contributed by atoms with van der Waals surface area (Å²) in [5.74, 6) is 3.64. The van der Waals surface area contributed by atoms with Crippen LogP contribution in [0.25, 0.3) is 22.8 Å². The lowest BCUT2D eigenvalue weighted by molar-refractivity contribution is -0.0857. The van der Waals surface area contributed by atoms with Gasteiger partial charge in [-0.3, -0.25) is 9.80 Å². The first kappa shape index (κ1) is 53.8. The Labute approximate surface area is 432 Å². The number of carbonyl (C=O) groups excluding carboxylic acids is 2. The molecule has 4 bridgehead atoms. The van der Waals surface area contributed by atoms with Gasteiger partial charge in [-0.15, -0.1) is 0 Å². The van der Waals surface area contributed by atoms with Gasteiger partial charge in [-0.2, -0.15) is 0 Å². The zero-order valence-electron chi connectivity index (χ0n) is 41.0. The second-order valence-electron chi connectivity index (χ2n) is 20.0. The molecule has 6 atom stereocenters. The number of aromatic nitrogens is 4. The molecule has 0 radical (unpaired) electrons. The lowest BCUT2D eigenvalue weighted by Gasteiger charge is -2.46. The van der Waals surface area contributed by atoms with Gasteiger partial charge in [0.15, 0.2) is 11.6 Å². The van der Waals surface area contributed by atoms with Crippen molar-refractivity contribution in [3.63, 3.8) is 0 Å². The standard InChI is InChI=1S/2C26H34N6O3.3CH4/c2*1-3-27-26(33)28-18-6-4-17(5-7-18)24-29-21-12-19-8-9-22(32(19)20-14-35-15-20)23(21)25(30-24)31-10-11-34-13-16(31)2;;;/h2*4-7,16,19-20,22H,3,8-15H2,1-2H3,(H2,27,28,33);3*1H4/t2*16-,19?,22?;;;/m00.../s1. The molecule has 18 heteroatoms. The molecule has 18 nitrogen and oxygen atoms in total. The van der Waals surface area contributed by atoms with Gasteiger partial charge >= 0.3 is 12.1 Å². The van der Waals surface area contributed by atoms with Crippen LogP contribution in [0.2, 0.25) is 0 Å². The number of anilines is 4. The molecular formula is C55H80N12O6. The van der Waals surface area contributed by atoms with Gasteiger partial charge in [-0.1, -0.05) is 22.3 Å². The molecule has 6 fully saturated rings. The number of urea groups is 2. The van der Waals surface area contributed by atoms with Crippen molar-refractivity contribution < 1.29 is 28.5 Å². The van der Waals surface area contributed by atoms with E-state index in [1.54, 1.807) is 0 Å². The van der Waals surface area contributed by atoms with E-state index in [1.807, 2.05) is 62.4 Å². The minimum Gasteiger partial charge on any atom is -0.378 e. The molecular weight excluding hydrogens is 925 g/mol. The molecule has 2 aromatic carbocycles. The Morgan fingerprint density at radius 2 is 0.932 bits per heavy atom. The van der Waals surface area contributed by atoms with Crippen LogP contribution in [0.4, 0.5) is 32.6 Å². The molecule has 396 valence electrons. The lowest BCUT2D eigenvalue weighted by atomic mass is 9.94. The fraction of sp³-hybridized carbons (Fsp3) is 0.600. The van der Waals surface area contributed by atoms with Crippen LogP contribution >= 0.6 is 0 Å². The van der Waals surface area contributed by atoms with Gasteiger partial charge in [0.25, 0.3) is 0 Å². The van der Waals surface area contributed by atoms with Crippen LogP contribution in [-0.4, -0.2) is 157 Å². The van der Waals surface area contributed by atoms with Crippen LogP contribution < -0.4 is 31.1 Å². The van der Waals surface area contributed by atoms with Crippen LogP contribution in [-0.2, 0) is 31.8 Å². The molecule has 73 heavy (non-hydrogen) atoms. The van der Waals surface area contributed by atoms with Crippen molar-refractivity contribution in [2.45, 2.75) is 137 Å². The Balaban J connectivity index is 0.000000187.